The van der Waals surface area contributed by atoms with Crippen molar-refractivity contribution >= 4 is 23.2 Å². The molecular weight excluding hydrogens is 290 g/mol. The van der Waals surface area contributed by atoms with Crippen LogP contribution in [0.5, 0.6) is 0 Å². The Bertz CT molecular complexity index is 757. The number of pyridine rings is 1. The summed E-state index contributed by atoms with van der Waals surface area (Å²) in [6.07, 6.45) is 2.02. The number of rotatable bonds is 3. The van der Waals surface area contributed by atoms with Gasteiger partial charge in [-0.3, -0.25) is 14.6 Å². The fraction of sp³-hybridized carbons (Fsp3) is 0.278. The zero-order valence-electron chi connectivity index (χ0n) is 13.2. The van der Waals surface area contributed by atoms with Crippen LogP contribution >= 0.6 is 0 Å². The van der Waals surface area contributed by atoms with Crippen molar-refractivity contribution in [1.29, 1.82) is 0 Å². The molecule has 1 aromatic heterocycles. The second-order valence-corrected chi connectivity index (χ2v) is 5.82. The van der Waals surface area contributed by atoms with Crippen molar-refractivity contribution in [3.63, 3.8) is 0 Å². The van der Waals surface area contributed by atoms with Crippen LogP contribution in [0.3, 0.4) is 0 Å². The highest BCUT2D eigenvalue weighted by Crippen LogP contribution is 2.38. The first-order valence-electron chi connectivity index (χ1n) is 7.64. The molecule has 2 heterocycles. The summed E-state index contributed by atoms with van der Waals surface area (Å²) in [7, 11) is 0. The summed E-state index contributed by atoms with van der Waals surface area (Å²) in [5, 5.41) is 2.90. The van der Waals surface area contributed by atoms with Crippen molar-refractivity contribution in [3.05, 3.63) is 53.9 Å². The molecule has 0 saturated heterocycles. The average Bonchev–Trinajstić information content (AvgIpc) is 2.86. The zero-order chi connectivity index (χ0) is 16.4. The van der Waals surface area contributed by atoms with E-state index in [1.807, 2.05) is 37.3 Å². The molecule has 2 aromatic rings. The zero-order valence-corrected chi connectivity index (χ0v) is 13.2. The summed E-state index contributed by atoms with van der Waals surface area (Å²) in [6, 6.07) is 11.4. The lowest BCUT2D eigenvalue weighted by Crippen LogP contribution is -2.28. The van der Waals surface area contributed by atoms with Crippen LogP contribution in [-0.2, 0) is 9.59 Å². The van der Waals surface area contributed by atoms with Crippen LogP contribution in [0.2, 0.25) is 0 Å². The van der Waals surface area contributed by atoms with E-state index in [0.717, 1.165) is 22.6 Å². The summed E-state index contributed by atoms with van der Waals surface area (Å²) in [5.74, 6) is -0.0241. The Kier molecular flexibility index (Phi) is 4.10. The molecule has 118 valence electrons. The number of carbonyl (C=O) groups is 2. The molecule has 1 aromatic carbocycles. The lowest BCUT2D eigenvalue weighted by atomic mass is 9.97. The van der Waals surface area contributed by atoms with E-state index in [9.17, 15) is 9.59 Å². The molecule has 1 unspecified atom stereocenters. The van der Waals surface area contributed by atoms with E-state index in [1.54, 1.807) is 24.1 Å². The summed E-state index contributed by atoms with van der Waals surface area (Å²) in [6.45, 7) is 3.99. The van der Waals surface area contributed by atoms with Crippen LogP contribution in [0.1, 0.15) is 30.5 Å². The minimum absolute atomic E-state index is 0.00474. The van der Waals surface area contributed by atoms with Crippen LogP contribution in [0.25, 0.3) is 0 Å². The number of nitrogens with zero attached hydrogens (tertiary/aromatic N) is 2. The molecule has 0 aliphatic carbocycles. The first-order chi connectivity index (χ1) is 11.0. The molecule has 3 rings (SSSR count). The Hall–Kier alpha value is -2.69. The van der Waals surface area contributed by atoms with E-state index < -0.39 is 0 Å². The van der Waals surface area contributed by atoms with Gasteiger partial charge in [-0.1, -0.05) is 18.2 Å². The second-order valence-electron chi connectivity index (χ2n) is 5.82. The third kappa shape index (κ3) is 3.23. The molecule has 1 aliphatic rings. The van der Waals surface area contributed by atoms with Crippen molar-refractivity contribution in [1.82, 2.24) is 4.98 Å². The van der Waals surface area contributed by atoms with Crippen LogP contribution in [0.4, 0.5) is 11.4 Å². The first kappa shape index (κ1) is 15.2. The first-order valence-corrected chi connectivity index (χ1v) is 7.64. The van der Waals surface area contributed by atoms with Crippen LogP contribution in [0, 0.1) is 6.92 Å². The topological polar surface area (TPSA) is 62.3 Å². The van der Waals surface area contributed by atoms with Crippen molar-refractivity contribution in [3.8, 4) is 0 Å². The Morgan fingerprint density at radius 1 is 1.30 bits per heavy atom. The molecular formula is C18H19N3O2. The van der Waals surface area contributed by atoms with Gasteiger partial charge in [-0.15, -0.1) is 0 Å². The molecule has 0 bridgehead atoms. The Labute approximate surface area is 135 Å². The minimum atomic E-state index is -0.0548. The number of hydrogen-bond donors (Lipinski definition) is 1. The summed E-state index contributed by atoms with van der Waals surface area (Å²) < 4.78 is 0. The SMILES string of the molecule is CC(=O)N1CC(CC(=O)Nc2ccnc(C)c2)c2ccccc21. The number of aryl methyl sites for hydroxylation is 1. The molecule has 2 amide bonds. The summed E-state index contributed by atoms with van der Waals surface area (Å²) in [4.78, 5) is 30.0. The number of aromatic nitrogens is 1. The lowest BCUT2D eigenvalue weighted by Gasteiger charge is -2.15. The molecule has 5 heteroatoms. The third-order valence-electron chi connectivity index (χ3n) is 4.06. The number of hydrogen-bond acceptors (Lipinski definition) is 3. The van der Waals surface area contributed by atoms with Crippen molar-refractivity contribution in [2.75, 3.05) is 16.8 Å². The predicted molar refractivity (Wildman–Crippen MR) is 89.4 cm³/mol. The monoisotopic (exact) mass is 309 g/mol. The minimum Gasteiger partial charge on any atom is -0.326 e. The van der Waals surface area contributed by atoms with Gasteiger partial charge in [-0.05, 0) is 30.7 Å². The molecule has 23 heavy (non-hydrogen) atoms. The predicted octanol–water partition coefficient (Wildman–Crippen LogP) is 2.87. The van der Waals surface area contributed by atoms with E-state index in [-0.39, 0.29) is 17.7 Å². The highest BCUT2D eigenvalue weighted by molar-refractivity contribution is 5.96. The van der Waals surface area contributed by atoms with Crippen molar-refractivity contribution < 1.29 is 9.59 Å². The van der Waals surface area contributed by atoms with Crippen LogP contribution in [-0.4, -0.2) is 23.3 Å². The van der Waals surface area contributed by atoms with E-state index in [2.05, 4.69) is 10.3 Å². The Morgan fingerprint density at radius 3 is 2.83 bits per heavy atom. The van der Waals surface area contributed by atoms with Gasteiger partial charge in [0, 0.05) is 49.1 Å². The smallest absolute Gasteiger partial charge is 0.225 e. The van der Waals surface area contributed by atoms with Gasteiger partial charge in [0.1, 0.15) is 0 Å². The van der Waals surface area contributed by atoms with Gasteiger partial charge in [-0.2, -0.15) is 0 Å². The maximum atomic E-state index is 12.3. The number of carbonyl (C=O) groups excluding carboxylic acids is 2. The molecule has 1 N–H and O–H groups in total. The van der Waals surface area contributed by atoms with Gasteiger partial charge in [0.25, 0.3) is 0 Å². The van der Waals surface area contributed by atoms with Crippen LogP contribution in [0.15, 0.2) is 42.6 Å². The maximum Gasteiger partial charge on any atom is 0.225 e. The Balaban J connectivity index is 1.73. The number of para-hydroxylation sites is 1. The van der Waals surface area contributed by atoms with Gasteiger partial charge in [0.2, 0.25) is 11.8 Å². The van der Waals surface area contributed by atoms with Gasteiger partial charge < -0.3 is 10.2 Å². The fourth-order valence-corrected chi connectivity index (χ4v) is 3.03. The van der Waals surface area contributed by atoms with Gasteiger partial charge in [-0.25, -0.2) is 0 Å². The third-order valence-corrected chi connectivity index (χ3v) is 4.06. The van der Waals surface area contributed by atoms with E-state index in [0.29, 0.717) is 13.0 Å². The quantitative estimate of drug-likeness (QED) is 0.948. The summed E-state index contributed by atoms with van der Waals surface area (Å²) in [5.41, 5.74) is 3.58. The van der Waals surface area contributed by atoms with Gasteiger partial charge in [0.15, 0.2) is 0 Å². The molecule has 5 nitrogen and oxygen atoms in total. The number of nitrogens with one attached hydrogen (secondary N) is 1. The van der Waals surface area contributed by atoms with Gasteiger partial charge in [0.05, 0.1) is 0 Å². The summed E-state index contributed by atoms with van der Waals surface area (Å²) >= 11 is 0. The largest absolute Gasteiger partial charge is 0.326 e. The highest BCUT2D eigenvalue weighted by Gasteiger charge is 2.31. The maximum absolute atomic E-state index is 12.3. The highest BCUT2D eigenvalue weighted by atomic mass is 16.2. The molecule has 1 aliphatic heterocycles. The molecule has 0 radical (unpaired) electrons. The van der Waals surface area contributed by atoms with E-state index in [4.69, 9.17) is 0 Å². The van der Waals surface area contributed by atoms with E-state index in [1.165, 1.54) is 0 Å². The molecule has 0 fully saturated rings. The molecule has 0 saturated carbocycles. The standard InChI is InChI=1S/C18H19N3O2/c1-12-9-15(7-8-19-12)20-18(23)10-14-11-21(13(2)22)17-6-4-3-5-16(14)17/h3-9,14H,10-11H2,1-2H3,(H,19,20,23). The molecule has 1 atom stereocenters. The number of amides is 2. The lowest BCUT2D eigenvalue weighted by molar-refractivity contribution is -0.118. The normalized spacial score (nSPS) is 16.1. The fourth-order valence-electron chi connectivity index (χ4n) is 3.03. The van der Waals surface area contributed by atoms with E-state index >= 15 is 0 Å². The number of benzene rings is 1. The average molecular weight is 309 g/mol. The molecule has 0 spiro atoms. The Morgan fingerprint density at radius 2 is 2.09 bits per heavy atom. The number of anilines is 2. The number of fused-ring (bicyclic) bond motifs is 1. The van der Waals surface area contributed by atoms with Crippen molar-refractivity contribution in [2.45, 2.75) is 26.2 Å². The van der Waals surface area contributed by atoms with Crippen molar-refractivity contribution in [2.24, 2.45) is 0 Å². The second kappa shape index (κ2) is 6.20. The van der Waals surface area contributed by atoms with Crippen LogP contribution < -0.4 is 10.2 Å². The van der Waals surface area contributed by atoms with Gasteiger partial charge >= 0.3 is 0 Å².